The van der Waals surface area contributed by atoms with Gasteiger partial charge in [0.05, 0.1) is 7.11 Å². The number of hydrogen-bond donors (Lipinski definition) is 1. The molecule has 0 aliphatic rings. The van der Waals surface area contributed by atoms with E-state index in [9.17, 15) is 5.11 Å². The monoisotopic (exact) mass is 253 g/mol. The number of hydrogen-bond acceptors (Lipinski definition) is 4. The Labute approximate surface area is 107 Å². The van der Waals surface area contributed by atoms with Gasteiger partial charge >= 0.3 is 0 Å². The molecule has 0 fully saturated rings. The number of ether oxygens (including phenoxy) is 1. The average Bonchev–Trinajstić information content (AvgIpc) is 2.35. The number of nitrogens with zero attached hydrogens (tertiary/aromatic N) is 1. The van der Waals surface area contributed by atoms with E-state index in [0.29, 0.717) is 5.75 Å². The first-order valence-corrected chi connectivity index (χ1v) is 6.63. The van der Waals surface area contributed by atoms with Crippen LogP contribution < -0.4 is 4.74 Å². The Hall–Kier alpha value is -1.16. The summed E-state index contributed by atoms with van der Waals surface area (Å²) in [5.41, 5.74) is 2.29. The molecule has 0 heterocycles. The zero-order valence-corrected chi connectivity index (χ0v) is 11.4. The van der Waals surface area contributed by atoms with Crippen molar-refractivity contribution in [3.05, 3.63) is 23.8 Å². The molecule has 0 amide bonds. The maximum absolute atomic E-state index is 9.48. The van der Waals surface area contributed by atoms with Crippen molar-refractivity contribution in [3.63, 3.8) is 0 Å². The van der Waals surface area contributed by atoms with Crippen LogP contribution in [0, 0.1) is 0 Å². The highest BCUT2D eigenvalue weighted by atomic mass is 32.2. The summed E-state index contributed by atoms with van der Waals surface area (Å²) in [6.07, 6.45) is 1.84. The fourth-order valence-electron chi connectivity index (χ4n) is 1.42. The molecular formula is C13H19NO2S. The minimum Gasteiger partial charge on any atom is -0.504 e. The average molecular weight is 253 g/mol. The smallest absolute Gasteiger partial charge is 0.160 e. The van der Waals surface area contributed by atoms with E-state index in [2.05, 4.69) is 11.3 Å². The summed E-state index contributed by atoms with van der Waals surface area (Å²) in [6, 6.07) is 5.45. The third kappa shape index (κ3) is 4.69. The molecule has 0 aromatic heterocycles. The number of benzene rings is 1. The number of aryl methyl sites for hydroxylation is 1. The molecule has 0 saturated heterocycles. The fourth-order valence-corrected chi connectivity index (χ4v) is 1.86. The van der Waals surface area contributed by atoms with Crippen molar-refractivity contribution in [3.8, 4) is 11.5 Å². The Kier molecular flexibility index (Phi) is 5.91. The lowest BCUT2D eigenvalue weighted by molar-refractivity contribution is 0.373. The number of aromatic hydroxyl groups is 1. The Bertz CT molecular complexity index is 391. The first-order chi connectivity index (χ1) is 8.17. The quantitative estimate of drug-likeness (QED) is 0.623. The Morgan fingerprint density at radius 3 is 2.88 bits per heavy atom. The summed E-state index contributed by atoms with van der Waals surface area (Å²) < 4.78 is 9.44. The van der Waals surface area contributed by atoms with Crippen molar-refractivity contribution >= 4 is 17.7 Å². The van der Waals surface area contributed by atoms with E-state index >= 15 is 0 Å². The third-order valence-corrected chi connectivity index (χ3v) is 3.07. The van der Waals surface area contributed by atoms with Crippen LogP contribution in [-0.4, -0.2) is 23.7 Å². The van der Waals surface area contributed by atoms with Crippen molar-refractivity contribution in [2.75, 3.05) is 12.9 Å². The lowest BCUT2D eigenvalue weighted by Gasteiger charge is -2.06. The molecule has 0 bridgehead atoms. The van der Waals surface area contributed by atoms with Gasteiger partial charge in [0.1, 0.15) is 0 Å². The second-order valence-corrected chi connectivity index (χ2v) is 4.77. The van der Waals surface area contributed by atoms with Crippen LogP contribution in [0.4, 0.5) is 0 Å². The zero-order valence-electron chi connectivity index (χ0n) is 10.6. The second kappa shape index (κ2) is 7.22. The van der Waals surface area contributed by atoms with Gasteiger partial charge in [0.15, 0.2) is 11.5 Å². The van der Waals surface area contributed by atoms with Gasteiger partial charge in [0, 0.05) is 11.5 Å². The topological polar surface area (TPSA) is 41.8 Å². The summed E-state index contributed by atoms with van der Waals surface area (Å²) in [4.78, 5) is 0. The van der Waals surface area contributed by atoms with E-state index in [-0.39, 0.29) is 5.75 Å². The molecular weight excluding hydrogens is 234 g/mol. The number of rotatable bonds is 6. The van der Waals surface area contributed by atoms with E-state index in [1.165, 1.54) is 0 Å². The van der Waals surface area contributed by atoms with Gasteiger partial charge in [-0.3, -0.25) is 0 Å². The predicted molar refractivity (Wildman–Crippen MR) is 74.2 cm³/mol. The Balaban J connectivity index is 2.57. The van der Waals surface area contributed by atoms with E-state index < -0.39 is 0 Å². The molecule has 1 aromatic carbocycles. The van der Waals surface area contributed by atoms with Gasteiger partial charge in [0.2, 0.25) is 0 Å². The molecule has 3 nitrogen and oxygen atoms in total. The lowest BCUT2D eigenvalue weighted by Crippen LogP contribution is -1.95. The zero-order chi connectivity index (χ0) is 12.7. The van der Waals surface area contributed by atoms with Gasteiger partial charge in [-0.2, -0.15) is 0 Å². The molecule has 1 N–H and O–H groups in total. The number of phenols is 1. The van der Waals surface area contributed by atoms with Crippen LogP contribution in [0.5, 0.6) is 11.5 Å². The molecule has 4 heteroatoms. The number of phenolic OH excluding ortho intramolecular Hbond substituents is 1. The number of methoxy groups -OCH3 is 1. The van der Waals surface area contributed by atoms with Crippen LogP contribution in [-0.2, 0) is 6.42 Å². The molecule has 0 unspecified atom stereocenters. The van der Waals surface area contributed by atoms with E-state index in [1.54, 1.807) is 25.1 Å². The van der Waals surface area contributed by atoms with Crippen LogP contribution in [0.25, 0.3) is 0 Å². The molecule has 94 valence electrons. The minimum atomic E-state index is 0.183. The highest BCUT2D eigenvalue weighted by Gasteiger charge is 2.03. The molecule has 0 aliphatic carbocycles. The first-order valence-electron chi connectivity index (χ1n) is 5.68. The normalized spacial score (nSPS) is 11.6. The van der Waals surface area contributed by atoms with Crippen molar-refractivity contribution in [2.24, 2.45) is 4.40 Å². The van der Waals surface area contributed by atoms with E-state index in [1.807, 2.05) is 19.1 Å². The maximum atomic E-state index is 9.48. The van der Waals surface area contributed by atoms with Crippen LogP contribution in [0.1, 0.15) is 25.8 Å². The maximum Gasteiger partial charge on any atom is 0.160 e. The predicted octanol–water partition coefficient (Wildman–Crippen LogP) is 3.46. The van der Waals surface area contributed by atoms with Crippen molar-refractivity contribution in [1.82, 2.24) is 0 Å². The molecule has 17 heavy (non-hydrogen) atoms. The minimum absolute atomic E-state index is 0.183. The third-order valence-electron chi connectivity index (χ3n) is 2.37. The van der Waals surface area contributed by atoms with Gasteiger partial charge in [-0.1, -0.05) is 13.0 Å². The summed E-state index contributed by atoms with van der Waals surface area (Å²) in [5.74, 6) is 1.72. The van der Waals surface area contributed by atoms with E-state index in [4.69, 9.17) is 4.74 Å². The molecule has 0 atom stereocenters. The van der Waals surface area contributed by atoms with Gasteiger partial charge < -0.3 is 9.84 Å². The van der Waals surface area contributed by atoms with Crippen LogP contribution >= 0.6 is 11.9 Å². The summed E-state index contributed by atoms with van der Waals surface area (Å²) in [7, 11) is 1.56. The summed E-state index contributed by atoms with van der Waals surface area (Å²) in [5, 5.41) is 9.48. The highest BCUT2D eigenvalue weighted by Crippen LogP contribution is 2.26. The van der Waals surface area contributed by atoms with Crippen molar-refractivity contribution in [1.29, 1.82) is 0 Å². The van der Waals surface area contributed by atoms with Crippen molar-refractivity contribution < 1.29 is 9.84 Å². The molecule has 0 aliphatic heterocycles. The SMILES string of the molecule is CCS/N=C(\C)CCc1ccc(O)c(OC)c1. The summed E-state index contributed by atoms with van der Waals surface area (Å²) in [6.45, 7) is 4.13. The molecule has 0 radical (unpaired) electrons. The molecule has 0 saturated carbocycles. The van der Waals surface area contributed by atoms with Gasteiger partial charge in [-0.25, -0.2) is 4.40 Å². The molecule has 0 spiro atoms. The van der Waals surface area contributed by atoms with Crippen LogP contribution in [0.15, 0.2) is 22.6 Å². The molecule has 1 aromatic rings. The van der Waals surface area contributed by atoms with Gasteiger partial charge in [-0.15, -0.1) is 0 Å². The fraction of sp³-hybridized carbons (Fsp3) is 0.462. The van der Waals surface area contributed by atoms with Crippen LogP contribution in [0.2, 0.25) is 0 Å². The van der Waals surface area contributed by atoms with E-state index in [0.717, 1.165) is 29.9 Å². The highest BCUT2D eigenvalue weighted by molar-refractivity contribution is 7.98. The van der Waals surface area contributed by atoms with Gasteiger partial charge in [0.25, 0.3) is 0 Å². The Morgan fingerprint density at radius 1 is 1.47 bits per heavy atom. The lowest BCUT2D eigenvalue weighted by atomic mass is 10.1. The standard InChI is InChI=1S/C13H19NO2S/c1-4-17-14-10(2)5-6-11-7-8-12(15)13(9-11)16-3/h7-9,15H,4-6H2,1-3H3/b14-10+. The van der Waals surface area contributed by atoms with Gasteiger partial charge in [-0.05, 0) is 49.4 Å². The van der Waals surface area contributed by atoms with Crippen molar-refractivity contribution in [2.45, 2.75) is 26.7 Å². The molecule has 1 rings (SSSR count). The second-order valence-electron chi connectivity index (χ2n) is 3.75. The Morgan fingerprint density at radius 2 is 2.24 bits per heavy atom. The largest absolute Gasteiger partial charge is 0.504 e. The van der Waals surface area contributed by atoms with Crippen LogP contribution in [0.3, 0.4) is 0 Å². The summed E-state index contributed by atoms with van der Waals surface area (Å²) >= 11 is 1.58. The first kappa shape index (κ1) is 13.9.